The molecule has 2 aliphatic rings. The third kappa shape index (κ3) is 3.77. The number of nitrogens with one attached hydrogen (secondary N) is 1. The van der Waals surface area contributed by atoms with Gasteiger partial charge in [0.15, 0.2) is 0 Å². The molecule has 0 bridgehead atoms. The van der Waals surface area contributed by atoms with Gasteiger partial charge in [0.25, 0.3) is 5.91 Å². The van der Waals surface area contributed by atoms with E-state index in [-0.39, 0.29) is 5.91 Å². The summed E-state index contributed by atoms with van der Waals surface area (Å²) in [6, 6.07) is 7.91. The zero-order chi connectivity index (χ0) is 18.8. The molecule has 0 saturated carbocycles. The molecule has 4 rings (SSSR count). The number of carbonyl (C=O) groups is 1. The Labute approximate surface area is 166 Å². The van der Waals surface area contributed by atoms with Crippen LogP contribution in [0.25, 0.3) is 0 Å². The number of fused-ring (bicyclic) bond motifs is 1. The van der Waals surface area contributed by atoms with Crippen molar-refractivity contribution in [1.82, 2.24) is 14.9 Å². The number of hydrogen-bond acceptors (Lipinski definition) is 6. The van der Waals surface area contributed by atoms with Crippen LogP contribution in [0.1, 0.15) is 29.4 Å². The zero-order valence-corrected chi connectivity index (χ0v) is 16.8. The topological polar surface area (TPSA) is 70.6 Å². The first-order chi connectivity index (χ1) is 13.2. The van der Waals surface area contributed by atoms with E-state index in [0.29, 0.717) is 37.2 Å². The van der Waals surface area contributed by atoms with Crippen LogP contribution in [-0.2, 0) is 11.3 Å². The molecule has 27 heavy (non-hydrogen) atoms. The van der Waals surface area contributed by atoms with E-state index in [1.165, 1.54) is 0 Å². The minimum Gasteiger partial charge on any atom is -0.378 e. The van der Waals surface area contributed by atoms with E-state index in [1.54, 1.807) is 0 Å². The van der Waals surface area contributed by atoms with E-state index >= 15 is 0 Å². The lowest BCUT2D eigenvalue weighted by atomic mass is 10.2. The molecule has 0 spiro atoms. The highest BCUT2D eigenvalue weighted by Crippen LogP contribution is 2.31. The molecule has 1 amide bonds. The molecule has 1 aromatic carbocycles. The average Bonchev–Trinajstić information content (AvgIpc) is 3.01. The summed E-state index contributed by atoms with van der Waals surface area (Å²) < 4.78 is 6.44. The lowest BCUT2D eigenvalue weighted by Crippen LogP contribution is -2.37. The van der Waals surface area contributed by atoms with Crippen LogP contribution in [0.4, 0.5) is 17.5 Å². The first-order valence-electron chi connectivity index (χ1n) is 9.21. The van der Waals surface area contributed by atoms with Crippen molar-refractivity contribution in [2.45, 2.75) is 19.9 Å². The minimum absolute atomic E-state index is 0.0115. The molecule has 1 saturated heterocycles. The first-order valence-corrected chi connectivity index (χ1v) is 10.0. The predicted molar refractivity (Wildman–Crippen MR) is 108 cm³/mol. The Kier molecular flexibility index (Phi) is 5.27. The van der Waals surface area contributed by atoms with Crippen molar-refractivity contribution in [2.75, 3.05) is 43.1 Å². The predicted octanol–water partition coefficient (Wildman–Crippen LogP) is 3.19. The van der Waals surface area contributed by atoms with Crippen LogP contribution in [0, 0.1) is 0 Å². The molecule has 1 aromatic heterocycles. The van der Waals surface area contributed by atoms with Crippen LogP contribution >= 0.6 is 15.9 Å². The third-order valence-electron chi connectivity index (χ3n) is 4.73. The van der Waals surface area contributed by atoms with Gasteiger partial charge >= 0.3 is 0 Å². The molecule has 0 unspecified atom stereocenters. The molecule has 3 heterocycles. The van der Waals surface area contributed by atoms with Crippen LogP contribution in [0.5, 0.6) is 0 Å². The Balaban J connectivity index is 1.72. The Hall–Kier alpha value is -2.19. The van der Waals surface area contributed by atoms with Gasteiger partial charge in [-0.3, -0.25) is 4.79 Å². The van der Waals surface area contributed by atoms with Crippen molar-refractivity contribution in [3.8, 4) is 0 Å². The van der Waals surface area contributed by atoms with Gasteiger partial charge in [-0.2, -0.15) is 4.98 Å². The number of aromatic nitrogens is 2. The second-order valence-corrected chi connectivity index (χ2v) is 7.57. The molecule has 8 heteroatoms. The average molecular weight is 432 g/mol. The van der Waals surface area contributed by atoms with Gasteiger partial charge in [-0.1, -0.05) is 22.9 Å². The number of nitrogens with zero attached hydrogens (tertiary/aromatic N) is 4. The van der Waals surface area contributed by atoms with E-state index in [0.717, 1.165) is 41.8 Å². The number of anilines is 3. The highest BCUT2D eigenvalue weighted by atomic mass is 79.9. The molecular weight excluding hydrogens is 410 g/mol. The Morgan fingerprint density at radius 1 is 1.19 bits per heavy atom. The van der Waals surface area contributed by atoms with Crippen molar-refractivity contribution in [3.05, 3.63) is 40.0 Å². The van der Waals surface area contributed by atoms with E-state index < -0.39 is 0 Å². The molecule has 7 nitrogen and oxygen atoms in total. The largest absolute Gasteiger partial charge is 0.378 e. The SMILES string of the molecule is CCCN1Cc2c(Nc3ccc(Br)cc3)nc(N3CCOCC3)nc2C1=O. The van der Waals surface area contributed by atoms with E-state index in [2.05, 4.69) is 38.1 Å². The van der Waals surface area contributed by atoms with Crippen LogP contribution < -0.4 is 10.2 Å². The number of halogens is 1. The number of amides is 1. The zero-order valence-electron chi connectivity index (χ0n) is 15.2. The molecule has 0 radical (unpaired) electrons. The second-order valence-electron chi connectivity index (χ2n) is 6.66. The summed E-state index contributed by atoms with van der Waals surface area (Å²) in [4.78, 5) is 26.1. The number of ether oxygens (including phenoxy) is 1. The van der Waals surface area contributed by atoms with Crippen molar-refractivity contribution in [3.63, 3.8) is 0 Å². The smallest absolute Gasteiger partial charge is 0.273 e. The van der Waals surface area contributed by atoms with Crippen molar-refractivity contribution >= 4 is 39.3 Å². The summed E-state index contributed by atoms with van der Waals surface area (Å²) in [5, 5.41) is 3.39. The van der Waals surface area contributed by atoms with Gasteiger partial charge in [-0.05, 0) is 30.7 Å². The van der Waals surface area contributed by atoms with Crippen molar-refractivity contribution < 1.29 is 9.53 Å². The number of rotatable bonds is 5. The molecular formula is C19H22BrN5O2. The van der Waals surface area contributed by atoms with Crippen molar-refractivity contribution in [2.24, 2.45) is 0 Å². The number of morpholine rings is 1. The second kappa shape index (κ2) is 7.82. The van der Waals surface area contributed by atoms with Gasteiger partial charge in [0.1, 0.15) is 11.5 Å². The number of hydrogen-bond donors (Lipinski definition) is 1. The quantitative estimate of drug-likeness (QED) is 0.783. The van der Waals surface area contributed by atoms with Gasteiger partial charge in [0, 0.05) is 35.4 Å². The Bertz CT molecular complexity index is 837. The summed E-state index contributed by atoms with van der Waals surface area (Å²) in [6.07, 6.45) is 0.916. The molecule has 1 fully saturated rings. The van der Waals surface area contributed by atoms with Gasteiger partial charge in [-0.15, -0.1) is 0 Å². The molecule has 2 aliphatic heterocycles. The van der Waals surface area contributed by atoms with Gasteiger partial charge in [-0.25, -0.2) is 4.98 Å². The van der Waals surface area contributed by atoms with Gasteiger partial charge in [0.05, 0.1) is 19.8 Å². The summed E-state index contributed by atoms with van der Waals surface area (Å²) >= 11 is 3.45. The third-order valence-corrected chi connectivity index (χ3v) is 5.26. The Morgan fingerprint density at radius 3 is 2.63 bits per heavy atom. The molecule has 0 aliphatic carbocycles. The number of benzene rings is 1. The molecule has 2 aromatic rings. The first kappa shape index (κ1) is 18.2. The summed E-state index contributed by atoms with van der Waals surface area (Å²) in [7, 11) is 0. The summed E-state index contributed by atoms with van der Waals surface area (Å²) in [5.41, 5.74) is 2.31. The normalized spacial score (nSPS) is 16.6. The fraction of sp³-hybridized carbons (Fsp3) is 0.421. The van der Waals surface area contributed by atoms with Crippen LogP contribution in [-0.4, -0.2) is 53.6 Å². The highest BCUT2D eigenvalue weighted by Gasteiger charge is 2.33. The standard InChI is InChI=1S/C19H22BrN5O2/c1-2-7-25-12-15-16(18(25)26)22-19(24-8-10-27-11-9-24)23-17(15)21-14-5-3-13(20)4-6-14/h3-6H,2,7-12H2,1H3,(H,21,22,23). The van der Waals surface area contributed by atoms with Gasteiger partial charge in [0.2, 0.25) is 5.95 Å². The van der Waals surface area contributed by atoms with Gasteiger partial charge < -0.3 is 19.9 Å². The maximum atomic E-state index is 12.8. The van der Waals surface area contributed by atoms with E-state index in [4.69, 9.17) is 9.72 Å². The summed E-state index contributed by atoms with van der Waals surface area (Å²) in [5.74, 6) is 1.28. The lowest BCUT2D eigenvalue weighted by Gasteiger charge is -2.27. The fourth-order valence-electron chi connectivity index (χ4n) is 3.34. The lowest BCUT2D eigenvalue weighted by molar-refractivity contribution is 0.0774. The Morgan fingerprint density at radius 2 is 1.93 bits per heavy atom. The maximum Gasteiger partial charge on any atom is 0.273 e. The van der Waals surface area contributed by atoms with Crippen LogP contribution in [0.3, 0.4) is 0 Å². The van der Waals surface area contributed by atoms with Crippen molar-refractivity contribution in [1.29, 1.82) is 0 Å². The number of carbonyl (C=O) groups excluding carboxylic acids is 1. The molecule has 142 valence electrons. The summed E-state index contributed by atoms with van der Waals surface area (Å²) in [6.45, 7) is 6.08. The van der Waals surface area contributed by atoms with E-state index in [1.807, 2.05) is 29.2 Å². The monoisotopic (exact) mass is 431 g/mol. The fourth-order valence-corrected chi connectivity index (χ4v) is 3.60. The van der Waals surface area contributed by atoms with Crippen LogP contribution in [0.15, 0.2) is 28.7 Å². The van der Waals surface area contributed by atoms with Crippen LogP contribution in [0.2, 0.25) is 0 Å². The maximum absolute atomic E-state index is 12.8. The minimum atomic E-state index is -0.0115. The highest BCUT2D eigenvalue weighted by molar-refractivity contribution is 9.10. The van der Waals surface area contributed by atoms with E-state index in [9.17, 15) is 4.79 Å². The molecule has 1 N–H and O–H groups in total. The molecule has 0 atom stereocenters.